The minimum absolute atomic E-state index is 0.441. The highest BCUT2D eigenvalue weighted by molar-refractivity contribution is 5.50. The Morgan fingerprint density at radius 3 is 2.00 bits per heavy atom. The summed E-state index contributed by atoms with van der Waals surface area (Å²) in [6.07, 6.45) is 8.83. The number of benzene rings is 1. The summed E-state index contributed by atoms with van der Waals surface area (Å²) in [5.41, 5.74) is 4.60. The Morgan fingerprint density at radius 1 is 0.895 bits per heavy atom. The van der Waals surface area contributed by atoms with Crippen LogP contribution < -0.4 is 5.32 Å². The molecule has 0 aliphatic heterocycles. The standard InChI is InChI=1S/C18H25N/c1-12-3-4-17(5-13(12)2)19-18-9-14-6-15(10-18)8-16(7-14)11-18/h3-5,14-16,19H,6-11H2,1-2H3. The van der Waals surface area contributed by atoms with Crippen LogP contribution >= 0.6 is 0 Å². The Labute approximate surface area is 116 Å². The molecule has 4 bridgehead atoms. The molecule has 0 atom stereocenters. The van der Waals surface area contributed by atoms with E-state index in [1.165, 1.54) is 55.3 Å². The lowest BCUT2D eigenvalue weighted by atomic mass is 9.53. The van der Waals surface area contributed by atoms with E-state index in [9.17, 15) is 0 Å². The average molecular weight is 255 g/mol. The van der Waals surface area contributed by atoms with Gasteiger partial charge in [0.15, 0.2) is 0 Å². The summed E-state index contributed by atoms with van der Waals surface area (Å²) in [4.78, 5) is 0. The monoisotopic (exact) mass is 255 g/mol. The quantitative estimate of drug-likeness (QED) is 0.808. The third-order valence-electron chi connectivity index (χ3n) is 5.95. The van der Waals surface area contributed by atoms with Gasteiger partial charge in [0.1, 0.15) is 0 Å². The molecule has 1 aromatic rings. The molecule has 0 aromatic heterocycles. The van der Waals surface area contributed by atoms with Gasteiger partial charge >= 0.3 is 0 Å². The first-order valence-corrected chi connectivity index (χ1v) is 7.97. The van der Waals surface area contributed by atoms with Gasteiger partial charge in [-0.25, -0.2) is 0 Å². The van der Waals surface area contributed by atoms with Gasteiger partial charge in [-0.15, -0.1) is 0 Å². The Balaban J connectivity index is 1.60. The zero-order valence-electron chi connectivity index (χ0n) is 12.2. The van der Waals surface area contributed by atoms with Crippen molar-refractivity contribution in [1.82, 2.24) is 0 Å². The number of nitrogens with one attached hydrogen (secondary N) is 1. The van der Waals surface area contributed by atoms with Crippen molar-refractivity contribution in [3.05, 3.63) is 29.3 Å². The Hall–Kier alpha value is -0.980. The molecule has 1 aromatic carbocycles. The van der Waals surface area contributed by atoms with Crippen molar-refractivity contribution in [2.24, 2.45) is 17.8 Å². The maximum absolute atomic E-state index is 3.95. The Bertz CT molecular complexity index is 467. The molecule has 1 N–H and O–H groups in total. The normalized spacial score (nSPS) is 39.6. The lowest BCUT2D eigenvalue weighted by Gasteiger charge is -2.57. The lowest BCUT2D eigenvalue weighted by Crippen LogP contribution is -2.54. The first kappa shape index (κ1) is 11.8. The molecule has 0 unspecified atom stereocenters. The number of anilines is 1. The molecule has 5 rings (SSSR count). The van der Waals surface area contributed by atoms with Gasteiger partial charge in [-0.1, -0.05) is 6.07 Å². The summed E-state index contributed by atoms with van der Waals surface area (Å²) in [5, 5.41) is 3.95. The average Bonchev–Trinajstić information content (AvgIpc) is 2.31. The molecule has 4 saturated carbocycles. The van der Waals surface area contributed by atoms with Crippen LogP contribution in [-0.2, 0) is 0 Å². The predicted octanol–water partition coefficient (Wildman–Crippen LogP) is 4.68. The zero-order valence-corrected chi connectivity index (χ0v) is 12.2. The van der Waals surface area contributed by atoms with Crippen molar-refractivity contribution in [1.29, 1.82) is 0 Å². The minimum Gasteiger partial charge on any atom is -0.380 e. The maximum atomic E-state index is 3.95. The number of rotatable bonds is 2. The van der Waals surface area contributed by atoms with Crippen LogP contribution in [0.1, 0.15) is 49.7 Å². The summed E-state index contributed by atoms with van der Waals surface area (Å²) >= 11 is 0. The van der Waals surface area contributed by atoms with E-state index in [0.29, 0.717) is 5.54 Å². The molecule has 0 spiro atoms. The van der Waals surface area contributed by atoms with Crippen molar-refractivity contribution < 1.29 is 0 Å². The maximum Gasteiger partial charge on any atom is 0.0381 e. The molecule has 4 aliphatic rings. The van der Waals surface area contributed by atoms with Crippen LogP contribution in [0, 0.1) is 31.6 Å². The van der Waals surface area contributed by atoms with E-state index in [0.717, 1.165) is 17.8 Å². The van der Waals surface area contributed by atoms with Gasteiger partial charge in [0.25, 0.3) is 0 Å². The molecular weight excluding hydrogens is 230 g/mol. The van der Waals surface area contributed by atoms with Crippen LogP contribution in [0.4, 0.5) is 5.69 Å². The summed E-state index contributed by atoms with van der Waals surface area (Å²) in [6.45, 7) is 4.42. The molecule has 1 nitrogen and oxygen atoms in total. The molecule has 19 heavy (non-hydrogen) atoms. The number of hydrogen-bond acceptors (Lipinski definition) is 1. The first-order valence-electron chi connectivity index (χ1n) is 7.97. The van der Waals surface area contributed by atoms with Crippen LogP contribution in [0.25, 0.3) is 0 Å². The van der Waals surface area contributed by atoms with Gasteiger partial charge in [-0.05, 0) is 93.4 Å². The minimum atomic E-state index is 0.441. The molecule has 0 amide bonds. The summed E-state index contributed by atoms with van der Waals surface area (Å²) in [7, 11) is 0. The predicted molar refractivity (Wildman–Crippen MR) is 80.4 cm³/mol. The van der Waals surface area contributed by atoms with Crippen LogP contribution in [0.3, 0.4) is 0 Å². The first-order chi connectivity index (χ1) is 9.12. The summed E-state index contributed by atoms with van der Waals surface area (Å²) in [6, 6.07) is 6.88. The molecule has 0 heterocycles. The van der Waals surface area contributed by atoms with E-state index in [4.69, 9.17) is 0 Å². The van der Waals surface area contributed by atoms with Crippen molar-refractivity contribution in [3.8, 4) is 0 Å². The number of aryl methyl sites for hydroxylation is 2. The molecule has 102 valence electrons. The molecule has 0 radical (unpaired) electrons. The largest absolute Gasteiger partial charge is 0.380 e. The molecule has 4 fully saturated rings. The van der Waals surface area contributed by atoms with E-state index < -0.39 is 0 Å². The van der Waals surface area contributed by atoms with Gasteiger partial charge < -0.3 is 5.32 Å². The molecular formula is C18H25N. The second-order valence-electron chi connectivity index (χ2n) is 7.62. The third kappa shape index (κ3) is 1.98. The van der Waals surface area contributed by atoms with E-state index in [-0.39, 0.29) is 0 Å². The fourth-order valence-corrected chi connectivity index (χ4v) is 5.39. The van der Waals surface area contributed by atoms with Crippen molar-refractivity contribution in [2.45, 2.75) is 57.9 Å². The molecule has 1 heteroatoms. The highest BCUT2D eigenvalue weighted by atomic mass is 15.0. The smallest absolute Gasteiger partial charge is 0.0381 e. The fraction of sp³-hybridized carbons (Fsp3) is 0.667. The van der Waals surface area contributed by atoms with Gasteiger partial charge in [-0.3, -0.25) is 0 Å². The third-order valence-corrected chi connectivity index (χ3v) is 5.95. The van der Waals surface area contributed by atoms with Gasteiger partial charge in [-0.2, -0.15) is 0 Å². The van der Waals surface area contributed by atoms with Crippen LogP contribution in [0.15, 0.2) is 18.2 Å². The Kier molecular flexibility index (Phi) is 2.49. The van der Waals surface area contributed by atoms with E-state index >= 15 is 0 Å². The summed E-state index contributed by atoms with van der Waals surface area (Å²) < 4.78 is 0. The van der Waals surface area contributed by atoms with Crippen molar-refractivity contribution in [2.75, 3.05) is 5.32 Å². The zero-order chi connectivity index (χ0) is 13.0. The van der Waals surface area contributed by atoms with Gasteiger partial charge in [0.2, 0.25) is 0 Å². The second-order valence-corrected chi connectivity index (χ2v) is 7.62. The Morgan fingerprint density at radius 2 is 1.47 bits per heavy atom. The van der Waals surface area contributed by atoms with Crippen LogP contribution in [0.5, 0.6) is 0 Å². The van der Waals surface area contributed by atoms with Crippen molar-refractivity contribution >= 4 is 5.69 Å². The molecule has 0 saturated heterocycles. The van der Waals surface area contributed by atoms with E-state index in [2.05, 4.69) is 37.4 Å². The van der Waals surface area contributed by atoms with Crippen molar-refractivity contribution in [3.63, 3.8) is 0 Å². The van der Waals surface area contributed by atoms with Gasteiger partial charge in [0.05, 0.1) is 0 Å². The number of hydrogen-bond donors (Lipinski definition) is 1. The lowest BCUT2D eigenvalue weighted by molar-refractivity contribution is 0.0107. The van der Waals surface area contributed by atoms with E-state index in [1.807, 2.05) is 0 Å². The highest BCUT2D eigenvalue weighted by Gasteiger charge is 2.50. The van der Waals surface area contributed by atoms with Crippen LogP contribution in [0.2, 0.25) is 0 Å². The van der Waals surface area contributed by atoms with Gasteiger partial charge in [0, 0.05) is 11.2 Å². The van der Waals surface area contributed by atoms with Crippen LogP contribution in [-0.4, -0.2) is 5.54 Å². The molecule has 4 aliphatic carbocycles. The fourth-order valence-electron chi connectivity index (χ4n) is 5.39. The van der Waals surface area contributed by atoms with E-state index in [1.54, 1.807) is 0 Å². The second kappa shape index (κ2) is 4.01. The SMILES string of the molecule is Cc1ccc(NC23CC4CC(CC(C4)C2)C3)cc1C. The summed E-state index contributed by atoms with van der Waals surface area (Å²) in [5.74, 6) is 3.06. The topological polar surface area (TPSA) is 12.0 Å². The highest BCUT2D eigenvalue weighted by Crippen LogP contribution is 2.56.